The number of ether oxygens (including phenoxy) is 1. The van der Waals surface area contributed by atoms with Crippen molar-refractivity contribution in [2.24, 2.45) is 0 Å². The molecule has 2 heterocycles. The molecule has 0 saturated carbocycles. The van der Waals surface area contributed by atoms with Gasteiger partial charge in [-0.2, -0.15) is 5.10 Å². The van der Waals surface area contributed by atoms with E-state index in [-0.39, 0.29) is 5.91 Å². The Morgan fingerprint density at radius 1 is 1.47 bits per heavy atom. The van der Waals surface area contributed by atoms with Crippen LogP contribution in [0.25, 0.3) is 5.52 Å². The third-order valence-corrected chi connectivity index (χ3v) is 3.02. The van der Waals surface area contributed by atoms with E-state index in [0.717, 1.165) is 5.33 Å². The lowest BCUT2D eigenvalue weighted by Crippen LogP contribution is -2.30. The van der Waals surface area contributed by atoms with Crippen LogP contribution in [0.2, 0.25) is 0 Å². The van der Waals surface area contributed by atoms with Crippen LogP contribution in [0.5, 0.6) is 0 Å². The number of alkyl halides is 1. The number of nitrogens with zero attached hydrogens (tertiary/aromatic N) is 4. The topological polar surface area (TPSA) is 59.7 Å². The summed E-state index contributed by atoms with van der Waals surface area (Å²) in [6.07, 6.45) is 6.54. The van der Waals surface area contributed by atoms with E-state index in [9.17, 15) is 4.79 Å². The van der Waals surface area contributed by atoms with Crippen molar-refractivity contribution in [3.63, 3.8) is 0 Å². The molecule has 19 heavy (non-hydrogen) atoms. The maximum Gasteiger partial charge on any atom is 0.257 e. The molecule has 1 amide bonds. The molecular formula is C12H15BrN4O2. The van der Waals surface area contributed by atoms with E-state index in [4.69, 9.17) is 4.74 Å². The monoisotopic (exact) mass is 326 g/mol. The van der Waals surface area contributed by atoms with Crippen molar-refractivity contribution in [1.29, 1.82) is 0 Å². The van der Waals surface area contributed by atoms with Gasteiger partial charge < -0.3 is 9.64 Å². The number of fused-ring (bicyclic) bond motifs is 1. The van der Waals surface area contributed by atoms with Crippen LogP contribution >= 0.6 is 15.9 Å². The van der Waals surface area contributed by atoms with Gasteiger partial charge in [0.15, 0.2) is 0 Å². The molecule has 0 unspecified atom stereocenters. The summed E-state index contributed by atoms with van der Waals surface area (Å²) < 4.78 is 6.97. The quantitative estimate of drug-likeness (QED) is 0.591. The zero-order valence-electron chi connectivity index (χ0n) is 10.6. The molecule has 0 spiro atoms. The van der Waals surface area contributed by atoms with Crippen LogP contribution in [-0.2, 0) is 4.74 Å². The summed E-state index contributed by atoms with van der Waals surface area (Å²) in [6, 6.07) is 0. The Labute approximate surface area is 119 Å². The Bertz CT molecular complexity index is 557. The maximum absolute atomic E-state index is 12.3. The van der Waals surface area contributed by atoms with Gasteiger partial charge in [0.1, 0.15) is 0 Å². The summed E-state index contributed by atoms with van der Waals surface area (Å²) in [6.45, 7) is 1.71. The van der Waals surface area contributed by atoms with Gasteiger partial charge in [-0.25, -0.2) is 4.52 Å². The zero-order valence-corrected chi connectivity index (χ0v) is 12.2. The minimum atomic E-state index is -0.0783. The van der Waals surface area contributed by atoms with Crippen LogP contribution in [0.15, 0.2) is 24.8 Å². The molecule has 0 aliphatic heterocycles. The number of halogens is 1. The van der Waals surface area contributed by atoms with Gasteiger partial charge in [0, 0.05) is 31.3 Å². The number of carbonyl (C=O) groups excluding carboxylic acids is 1. The van der Waals surface area contributed by atoms with Crippen molar-refractivity contribution >= 4 is 27.4 Å². The first-order chi connectivity index (χ1) is 9.24. The molecule has 0 bridgehead atoms. The lowest BCUT2D eigenvalue weighted by Gasteiger charge is -2.16. The van der Waals surface area contributed by atoms with E-state index < -0.39 is 0 Å². The fourth-order valence-corrected chi connectivity index (χ4v) is 1.89. The molecule has 7 heteroatoms. The van der Waals surface area contributed by atoms with E-state index in [1.807, 2.05) is 0 Å². The second-order valence-electron chi connectivity index (χ2n) is 3.99. The fourth-order valence-electron chi connectivity index (χ4n) is 1.66. The van der Waals surface area contributed by atoms with Gasteiger partial charge in [0.25, 0.3) is 5.91 Å². The van der Waals surface area contributed by atoms with Crippen LogP contribution in [0.3, 0.4) is 0 Å². The lowest BCUT2D eigenvalue weighted by atomic mass is 10.2. The van der Waals surface area contributed by atoms with Crippen molar-refractivity contribution in [2.75, 3.05) is 32.1 Å². The van der Waals surface area contributed by atoms with Crippen molar-refractivity contribution in [3.8, 4) is 0 Å². The lowest BCUT2D eigenvalue weighted by molar-refractivity contribution is 0.0715. The summed E-state index contributed by atoms with van der Waals surface area (Å²) in [5.41, 5.74) is 1.26. The molecule has 2 aromatic rings. The summed E-state index contributed by atoms with van der Waals surface area (Å²) in [4.78, 5) is 17.9. The van der Waals surface area contributed by atoms with Gasteiger partial charge in [0.05, 0.1) is 36.7 Å². The van der Waals surface area contributed by atoms with Gasteiger partial charge in [-0.1, -0.05) is 15.9 Å². The van der Waals surface area contributed by atoms with E-state index in [1.165, 1.54) is 0 Å². The maximum atomic E-state index is 12.3. The number of hydrogen-bond acceptors (Lipinski definition) is 4. The Balaban J connectivity index is 2.02. The van der Waals surface area contributed by atoms with Gasteiger partial charge in [-0.3, -0.25) is 9.78 Å². The Hall–Kier alpha value is -1.47. The molecule has 0 atom stereocenters. The largest absolute Gasteiger partial charge is 0.379 e. The highest BCUT2D eigenvalue weighted by Gasteiger charge is 2.16. The summed E-state index contributed by atoms with van der Waals surface area (Å²) >= 11 is 3.28. The van der Waals surface area contributed by atoms with Crippen molar-refractivity contribution < 1.29 is 9.53 Å². The SMILES string of the molecule is CN(CCOCCBr)C(=O)c1cnn2ccncc12. The first-order valence-corrected chi connectivity index (χ1v) is 7.02. The highest BCUT2D eigenvalue weighted by Crippen LogP contribution is 2.10. The first-order valence-electron chi connectivity index (χ1n) is 5.90. The van der Waals surface area contributed by atoms with Gasteiger partial charge >= 0.3 is 0 Å². The Morgan fingerprint density at radius 2 is 2.32 bits per heavy atom. The van der Waals surface area contributed by atoms with Crippen molar-refractivity contribution in [1.82, 2.24) is 19.5 Å². The highest BCUT2D eigenvalue weighted by molar-refractivity contribution is 9.09. The Morgan fingerprint density at radius 3 is 3.11 bits per heavy atom. The molecule has 0 saturated heterocycles. The number of carbonyl (C=O) groups is 1. The van der Waals surface area contributed by atoms with E-state index in [0.29, 0.717) is 30.8 Å². The van der Waals surface area contributed by atoms with Gasteiger partial charge in [-0.15, -0.1) is 0 Å². The van der Waals surface area contributed by atoms with Crippen LogP contribution in [-0.4, -0.2) is 57.5 Å². The minimum Gasteiger partial charge on any atom is -0.379 e. The van der Waals surface area contributed by atoms with Crippen LogP contribution in [0, 0.1) is 0 Å². The molecule has 2 aromatic heterocycles. The molecule has 2 rings (SSSR count). The van der Waals surface area contributed by atoms with E-state index >= 15 is 0 Å². The number of amides is 1. The predicted molar refractivity (Wildman–Crippen MR) is 74.6 cm³/mol. The molecule has 0 radical (unpaired) electrons. The third kappa shape index (κ3) is 3.30. The molecule has 0 aliphatic carbocycles. The van der Waals surface area contributed by atoms with Gasteiger partial charge in [-0.05, 0) is 0 Å². The summed E-state index contributed by atoms with van der Waals surface area (Å²) in [5.74, 6) is -0.0783. The molecule has 0 aromatic carbocycles. The second kappa shape index (κ2) is 6.63. The number of rotatable bonds is 6. The smallest absolute Gasteiger partial charge is 0.257 e. The number of likely N-dealkylation sites (N-methyl/N-ethyl adjacent to an activating group) is 1. The average molecular weight is 327 g/mol. The molecule has 102 valence electrons. The molecule has 0 N–H and O–H groups in total. The Kier molecular flexibility index (Phi) is 4.86. The average Bonchev–Trinajstić information content (AvgIpc) is 2.86. The van der Waals surface area contributed by atoms with Crippen molar-refractivity contribution in [2.45, 2.75) is 0 Å². The molecular weight excluding hydrogens is 312 g/mol. The number of aromatic nitrogens is 3. The highest BCUT2D eigenvalue weighted by atomic mass is 79.9. The molecule has 6 nitrogen and oxygen atoms in total. The van der Waals surface area contributed by atoms with Crippen LogP contribution < -0.4 is 0 Å². The van der Waals surface area contributed by atoms with Crippen LogP contribution in [0.4, 0.5) is 0 Å². The molecule has 0 fully saturated rings. The van der Waals surface area contributed by atoms with Crippen LogP contribution in [0.1, 0.15) is 10.4 Å². The molecule has 0 aliphatic rings. The van der Waals surface area contributed by atoms with Crippen molar-refractivity contribution in [3.05, 3.63) is 30.4 Å². The van der Waals surface area contributed by atoms with E-state index in [1.54, 1.807) is 41.3 Å². The second-order valence-corrected chi connectivity index (χ2v) is 4.79. The normalized spacial score (nSPS) is 10.8. The van der Waals surface area contributed by atoms with Gasteiger partial charge in [0.2, 0.25) is 0 Å². The fraction of sp³-hybridized carbons (Fsp3) is 0.417. The first kappa shape index (κ1) is 14.0. The minimum absolute atomic E-state index is 0.0783. The zero-order chi connectivity index (χ0) is 13.7. The standard InChI is InChI=1S/C12H15BrN4O2/c1-16(5-7-19-6-2-13)12(18)10-8-15-17-4-3-14-9-11(10)17/h3-4,8-9H,2,5-7H2,1H3. The third-order valence-electron chi connectivity index (χ3n) is 2.69. The predicted octanol–water partition coefficient (Wildman–Crippen LogP) is 1.21. The number of hydrogen-bond donors (Lipinski definition) is 0. The van der Waals surface area contributed by atoms with E-state index in [2.05, 4.69) is 26.0 Å². The summed E-state index contributed by atoms with van der Waals surface area (Å²) in [7, 11) is 1.75. The summed E-state index contributed by atoms with van der Waals surface area (Å²) in [5, 5.41) is 4.92.